The number of benzene rings is 1. The molecule has 0 saturated carbocycles. The molecule has 1 fully saturated rings. The van der Waals surface area contributed by atoms with E-state index >= 15 is 0 Å². The van der Waals surface area contributed by atoms with Crippen molar-refractivity contribution in [3.05, 3.63) is 58.0 Å². The summed E-state index contributed by atoms with van der Waals surface area (Å²) in [6.45, 7) is 12.5. The maximum Gasteiger partial charge on any atom is 0.287 e. The summed E-state index contributed by atoms with van der Waals surface area (Å²) >= 11 is 0. The van der Waals surface area contributed by atoms with Crippen molar-refractivity contribution >= 4 is 17.5 Å². The third-order valence-corrected chi connectivity index (χ3v) is 6.66. The van der Waals surface area contributed by atoms with Crippen LogP contribution in [-0.4, -0.2) is 34.6 Å². The van der Waals surface area contributed by atoms with E-state index in [0.717, 1.165) is 60.3 Å². The molecule has 2 heterocycles. The Balaban J connectivity index is 1.52. The molecule has 2 aromatic rings. The van der Waals surface area contributed by atoms with Crippen LogP contribution in [0.5, 0.6) is 0 Å². The van der Waals surface area contributed by atoms with Gasteiger partial charge < -0.3 is 15.1 Å². The molecular formula is C27H36N4O3. The third kappa shape index (κ3) is 5.25. The minimum absolute atomic E-state index is 0.0576. The highest BCUT2D eigenvalue weighted by Crippen LogP contribution is 2.32. The SMILES string of the molecule is Cc1ccc(C(=O)N/N=C2\CCCc3oc(C(=O)NC4CC(C)(C)NC(C)(C)C4)c(C)c32)cc1. The number of carbonyl (C=O) groups is 2. The van der Waals surface area contributed by atoms with Crippen LogP contribution in [0.15, 0.2) is 33.8 Å². The minimum atomic E-state index is -0.255. The Bertz CT molecular complexity index is 1110. The number of aryl methyl sites for hydroxylation is 2. The summed E-state index contributed by atoms with van der Waals surface area (Å²) in [6, 6.07) is 7.42. The molecule has 0 atom stereocenters. The first kappa shape index (κ1) is 24.2. The zero-order chi connectivity index (χ0) is 24.7. The quantitative estimate of drug-likeness (QED) is 0.584. The fraction of sp³-hybridized carbons (Fsp3) is 0.519. The predicted molar refractivity (Wildman–Crippen MR) is 133 cm³/mol. The Morgan fingerprint density at radius 3 is 2.29 bits per heavy atom. The number of amides is 2. The first-order chi connectivity index (χ1) is 15.9. The molecular weight excluding hydrogens is 428 g/mol. The average molecular weight is 465 g/mol. The lowest BCUT2D eigenvalue weighted by molar-refractivity contribution is 0.0842. The van der Waals surface area contributed by atoms with Crippen LogP contribution in [0.4, 0.5) is 0 Å². The van der Waals surface area contributed by atoms with Gasteiger partial charge in [-0.25, -0.2) is 5.43 Å². The molecule has 1 aromatic heterocycles. The Morgan fingerprint density at radius 1 is 1.00 bits per heavy atom. The molecule has 1 aliphatic carbocycles. The normalized spacial score (nSPS) is 20.6. The fourth-order valence-corrected chi connectivity index (χ4v) is 5.56. The van der Waals surface area contributed by atoms with E-state index in [0.29, 0.717) is 11.3 Å². The van der Waals surface area contributed by atoms with E-state index in [-0.39, 0.29) is 28.9 Å². The van der Waals surface area contributed by atoms with Crippen molar-refractivity contribution in [2.24, 2.45) is 5.10 Å². The molecule has 34 heavy (non-hydrogen) atoms. The highest BCUT2D eigenvalue weighted by atomic mass is 16.4. The Hall–Kier alpha value is -2.93. The molecule has 2 amide bonds. The zero-order valence-corrected chi connectivity index (χ0v) is 21.1. The van der Waals surface area contributed by atoms with Gasteiger partial charge in [0.2, 0.25) is 0 Å². The fourth-order valence-electron chi connectivity index (χ4n) is 5.56. The van der Waals surface area contributed by atoms with Crippen molar-refractivity contribution in [3.63, 3.8) is 0 Å². The number of hydrogen-bond donors (Lipinski definition) is 3. The van der Waals surface area contributed by atoms with Gasteiger partial charge in [0.05, 0.1) is 5.71 Å². The molecule has 0 bridgehead atoms. The summed E-state index contributed by atoms with van der Waals surface area (Å²) in [5, 5.41) is 11.3. The number of nitrogens with zero attached hydrogens (tertiary/aromatic N) is 1. The molecule has 2 aliphatic rings. The van der Waals surface area contributed by atoms with E-state index in [2.05, 4.69) is 48.9 Å². The molecule has 3 N–H and O–H groups in total. The van der Waals surface area contributed by atoms with Crippen molar-refractivity contribution in [1.82, 2.24) is 16.1 Å². The number of hydrazone groups is 1. The van der Waals surface area contributed by atoms with Crippen LogP contribution in [-0.2, 0) is 6.42 Å². The average Bonchev–Trinajstić information content (AvgIpc) is 3.07. The number of carbonyl (C=O) groups excluding carboxylic acids is 2. The van der Waals surface area contributed by atoms with E-state index in [1.54, 1.807) is 12.1 Å². The van der Waals surface area contributed by atoms with Gasteiger partial charge in [0.1, 0.15) is 5.76 Å². The molecule has 0 radical (unpaired) electrons. The van der Waals surface area contributed by atoms with Gasteiger partial charge in [0.15, 0.2) is 5.76 Å². The van der Waals surface area contributed by atoms with Crippen LogP contribution < -0.4 is 16.1 Å². The molecule has 0 spiro atoms. The lowest BCUT2D eigenvalue weighted by atomic mass is 9.79. The summed E-state index contributed by atoms with van der Waals surface area (Å²) in [4.78, 5) is 25.7. The molecule has 1 aliphatic heterocycles. The highest BCUT2D eigenvalue weighted by molar-refractivity contribution is 6.07. The molecule has 182 valence electrons. The summed E-state index contributed by atoms with van der Waals surface area (Å²) in [5.74, 6) is 0.671. The number of piperidine rings is 1. The van der Waals surface area contributed by atoms with Crippen LogP contribution >= 0.6 is 0 Å². The number of hydrogen-bond acceptors (Lipinski definition) is 5. The van der Waals surface area contributed by atoms with E-state index < -0.39 is 0 Å². The van der Waals surface area contributed by atoms with Gasteiger partial charge in [-0.15, -0.1) is 0 Å². The first-order valence-corrected chi connectivity index (χ1v) is 12.1. The smallest absolute Gasteiger partial charge is 0.287 e. The van der Waals surface area contributed by atoms with Crippen LogP contribution in [0.1, 0.15) is 96.7 Å². The monoisotopic (exact) mass is 464 g/mol. The van der Waals surface area contributed by atoms with Crippen molar-refractivity contribution in [2.75, 3.05) is 0 Å². The lowest BCUT2D eigenvalue weighted by Crippen LogP contribution is -2.62. The van der Waals surface area contributed by atoms with E-state index in [9.17, 15) is 9.59 Å². The molecule has 1 saturated heterocycles. The Kier molecular flexibility index (Phi) is 6.42. The standard InChI is InChI=1S/C27H36N4O3/c1-16-10-12-18(13-11-16)24(32)30-29-20-8-7-9-21-22(20)17(2)23(34-21)25(33)28-19-14-26(3,4)31-27(5,6)15-19/h10-13,19,31H,7-9,14-15H2,1-6H3,(H,28,33)(H,30,32)/b29-20+. The summed E-state index contributed by atoms with van der Waals surface area (Å²) < 4.78 is 6.06. The van der Waals surface area contributed by atoms with Crippen molar-refractivity contribution in [3.8, 4) is 0 Å². The molecule has 4 rings (SSSR count). The summed E-state index contributed by atoms with van der Waals surface area (Å²) in [5.41, 5.74) is 6.59. The van der Waals surface area contributed by atoms with E-state index in [1.807, 2.05) is 26.0 Å². The second-order valence-corrected chi connectivity index (χ2v) is 11.0. The number of furan rings is 1. The lowest BCUT2D eigenvalue weighted by Gasteiger charge is -2.46. The van der Waals surface area contributed by atoms with Crippen molar-refractivity contribution in [1.29, 1.82) is 0 Å². The van der Waals surface area contributed by atoms with Crippen LogP contribution in [0.2, 0.25) is 0 Å². The van der Waals surface area contributed by atoms with Crippen LogP contribution in [0.25, 0.3) is 0 Å². The van der Waals surface area contributed by atoms with Gasteiger partial charge in [-0.1, -0.05) is 17.7 Å². The molecule has 7 nitrogen and oxygen atoms in total. The Morgan fingerprint density at radius 2 is 1.65 bits per heavy atom. The highest BCUT2D eigenvalue weighted by Gasteiger charge is 2.39. The van der Waals surface area contributed by atoms with Gasteiger partial charge in [0.25, 0.3) is 11.8 Å². The topological polar surface area (TPSA) is 95.7 Å². The number of rotatable bonds is 4. The minimum Gasteiger partial charge on any atom is -0.455 e. The van der Waals surface area contributed by atoms with Gasteiger partial charge in [-0.05, 0) is 79.4 Å². The molecule has 1 aromatic carbocycles. The third-order valence-electron chi connectivity index (χ3n) is 6.66. The molecule has 0 unspecified atom stereocenters. The maximum atomic E-state index is 13.2. The molecule has 7 heteroatoms. The second-order valence-electron chi connectivity index (χ2n) is 11.0. The van der Waals surface area contributed by atoms with Gasteiger partial charge in [-0.2, -0.15) is 5.10 Å². The zero-order valence-electron chi connectivity index (χ0n) is 21.1. The number of fused-ring (bicyclic) bond motifs is 1. The Labute approximate surface area is 201 Å². The second kappa shape index (κ2) is 9.02. The van der Waals surface area contributed by atoms with E-state index in [4.69, 9.17) is 4.42 Å². The summed E-state index contributed by atoms with van der Waals surface area (Å²) in [6.07, 6.45) is 4.02. The summed E-state index contributed by atoms with van der Waals surface area (Å²) in [7, 11) is 0. The van der Waals surface area contributed by atoms with Crippen LogP contribution in [0.3, 0.4) is 0 Å². The van der Waals surface area contributed by atoms with Crippen molar-refractivity contribution < 1.29 is 14.0 Å². The van der Waals surface area contributed by atoms with Crippen molar-refractivity contribution in [2.45, 2.75) is 90.8 Å². The van der Waals surface area contributed by atoms with Crippen LogP contribution in [0, 0.1) is 13.8 Å². The van der Waals surface area contributed by atoms with Gasteiger partial charge >= 0.3 is 0 Å². The first-order valence-electron chi connectivity index (χ1n) is 12.1. The van der Waals surface area contributed by atoms with Gasteiger partial charge in [-0.3, -0.25) is 9.59 Å². The largest absolute Gasteiger partial charge is 0.455 e. The predicted octanol–water partition coefficient (Wildman–Crippen LogP) is 4.41. The number of nitrogens with one attached hydrogen (secondary N) is 3. The maximum absolute atomic E-state index is 13.2. The van der Waals surface area contributed by atoms with Gasteiger partial charge in [0, 0.05) is 40.2 Å². The van der Waals surface area contributed by atoms with E-state index in [1.165, 1.54) is 0 Å².